The van der Waals surface area contributed by atoms with E-state index in [1.54, 1.807) is 18.1 Å². The van der Waals surface area contributed by atoms with E-state index in [1.807, 2.05) is 24.3 Å². The Hall–Kier alpha value is -2.59. The summed E-state index contributed by atoms with van der Waals surface area (Å²) in [5.41, 5.74) is 5.03. The fourth-order valence-electron chi connectivity index (χ4n) is 5.33. The van der Waals surface area contributed by atoms with Crippen LogP contribution >= 0.6 is 0 Å². The summed E-state index contributed by atoms with van der Waals surface area (Å²) in [6.45, 7) is 3.04. The number of nitrogens with zero attached hydrogens (tertiary/aromatic N) is 5. The number of fused-ring (bicyclic) bond motifs is 3. The SMILES string of the molecule is CN1Cc2c(ccc3c2N=NC3)[C@H](c2ccc(NC3CN(CCCF)C3)cn2)C1CC(F)(F)F. The summed E-state index contributed by atoms with van der Waals surface area (Å²) < 4.78 is 53.0. The summed E-state index contributed by atoms with van der Waals surface area (Å²) in [6, 6.07) is 7.08. The van der Waals surface area contributed by atoms with Crippen LogP contribution in [-0.2, 0) is 13.1 Å². The number of azo groups is 1. The fraction of sp³-hybridized carbons (Fsp3) is 0.542. The van der Waals surface area contributed by atoms with Gasteiger partial charge in [-0.3, -0.25) is 19.2 Å². The van der Waals surface area contributed by atoms with Crippen LogP contribution in [0, 0.1) is 0 Å². The minimum Gasteiger partial charge on any atom is -0.378 e. The summed E-state index contributed by atoms with van der Waals surface area (Å²) in [5, 5.41) is 11.8. The Bertz CT molecular complexity index is 1050. The molecule has 182 valence electrons. The molecule has 3 aliphatic heterocycles. The maximum absolute atomic E-state index is 13.5. The van der Waals surface area contributed by atoms with Crippen LogP contribution in [0.3, 0.4) is 0 Å². The first kappa shape index (κ1) is 23.2. The second-order valence-electron chi connectivity index (χ2n) is 9.44. The number of alkyl halides is 4. The third kappa shape index (κ3) is 4.65. The van der Waals surface area contributed by atoms with E-state index < -0.39 is 24.6 Å². The van der Waals surface area contributed by atoms with Gasteiger partial charge in [0.1, 0.15) is 0 Å². The monoisotopic (exact) mass is 476 g/mol. The van der Waals surface area contributed by atoms with Gasteiger partial charge in [-0.15, -0.1) is 0 Å². The highest BCUT2D eigenvalue weighted by Gasteiger charge is 2.43. The van der Waals surface area contributed by atoms with Gasteiger partial charge >= 0.3 is 6.18 Å². The minimum atomic E-state index is -4.29. The molecule has 1 unspecified atom stereocenters. The van der Waals surface area contributed by atoms with Crippen LogP contribution in [0.2, 0.25) is 0 Å². The normalized spacial score (nSPS) is 23.0. The number of hydrogen-bond donors (Lipinski definition) is 1. The third-order valence-electron chi connectivity index (χ3n) is 6.99. The lowest BCUT2D eigenvalue weighted by Crippen LogP contribution is -2.54. The number of likely N-dealkylation sites (N-methyl/N-ethyl adjacent to an activating group) is 1. The summed E-state index contributed by atoms with van der Waals surface area (Å²) in [4.78, 5) is 8.57. The molecule has 10 heteroatoms. The molecular weight excluding hydrogens is 448 g/mol. The summed E-state index contributed by atoms with van der Waals surface area (Å²) in [5.74, 6) is -0.523. The number of likely N-dealkylation sites (tertiary alicyclic amines) is 1. The van der Waals surface area contributed by atoms with Gasteiger partial charge in [-0.05, 0) is 36.7 Å². The number of nitrogens with one attached hydrogen (secondary N) is 1. The van der Waals surface area contributed by atoms with Crippen LogP contribution in [0.25, 0.3) is 0 Å². The van der Waals surface area contributed by atoms with Crippen molar-refractivity contribution in [3.05, 3.63) is 52.8 Å². The molecule has 4 heterocycles. The number of hydrogen-bond acceptors (Lipinski definition) is 6. The van der Waals surface area contributed by atoms with E-state index >= 15 is 0 Å². The van der Waals surface area contributed by atoms with E-state index in [0.29, 0.717) is 25.2 Å². The van der Waals surface area contributed by atoms with E-state index in [-0.39, 0.29) is 12.7 Å². The molecule has 0 spiro atoms. The molecule has 2 atom stereocenters. The van der Waals surface area contributed by atoms with Gasteiger partial charge in [-0.25, -0.2) is 0 Å². The highest BCUT2D eigenvalue weighted by molar-refractivity contribution is 5.60. The first-order chi connectivity index (χ1) is 16.3. The van der Waals surface area contributed by atoms with Crippen molar-refractivity contribution < 1.29 is 17.6 Å². The van der Waals surface area contributed by atoms with Crippen molar-refractivity contribution in [2.75, 3.05) is 38.7 Å². The van der Waals surface area contributed by atoms with Gasteiger partial charge in [0.25, 0.3) is 0 Å². The van der Waals surface area contributed by atoms with Crippen molar-refractivity contribution in [3.8, 4) is 0 Å². The van der Waals surface area contributed by atoms with Gasteiger partial charge < -0.3 is 5.32 Å². The Labute approximate surface area is 196 Å². The Kier molecular flexibility index (Phi) is 6.28. The van der Waals surface area contributed by atoms with Gasteiger partial charge in [0, 0.05) is 49.4 Å². The molecule has 6 nitrogen and oxygen atoms in total. The van der Waals surface area contributed by atoms with Crippen molar-refractivity contribution in [1.82, 2.24) is 14.8 Å². The number of benzene rings is 1. The molecule has 1 aromatic carbocycles. The standard InChI is InChI=1S/C24H28F4N6/c1-33-14-19-18(5-3-15-10-30-32-23(15)19)22(21(33)9-24(26,27)28)20-6-4-16(11-29-20)31-17-12-34(13-17)8-2-7-25/h3-6,11,17,21-22,31H,2,7-10,12-14H2,1H3/t21?,22-/m1/s1. The van der Waals surface area contributed by atoms with Crippen molar-refractivity contribution in [2.45, 2.75) is 50.1 Å². The predicted octanol–water partition coefficient (Wildman–Crippen LogP) is 5.03. The Morgan fingerprint density at radius 3 is 2.68 bits per heavy atom. The summed E-state index contributed by atoms with van der Waals surface area (Å²) in [6.07, 6.45) is -2.95. The van der Waals surface area contributed by atoms with Crippen LogP contribution in [0.15, 0.2) is 40.7 Å². The zero-order valence-corrected chi connectivity index (χ0v) is 19.0. The van der Waals surface area contributed by atoms with Gasteiger partial charge in [0.2, 0.25) is 0 Å². The quantitative estimate of drug-likeness (QED) is 0.570. The molecule has 1 aromatic heterocycles. The van der Waals surface area contributed by atoms with Crippen LogP contribution in [0.4, 0.5) is 28.9 Å². The van der Waals surface area contributed by atoms with Crippen LogP contribution in [0.5, 0.6) is 0 Å². The molecule has 2 aromatic rings. The zero-order chi connectivity index (χ0) is 23.9. The van der Waals surface area contributed by atoms with Crippen molar-refractivity contribution in [2.24, 2.45) is 10.2 Å². The molecule has 0 aliphatic carbocycles. The molecule has 1 fully saturated rings. The average Bonchev–Trinajstić information content (AvgIpc) is 3.25. The fourth-order valence-corrected chi connectivity index (χ4v) is 5.33. The number of aromatic nitrogens is 1. The lowest BCUT2D eigenvalue weighted by Gasteiger charge is -2.41. The van der Waals surface area contributed by atoms with Gasteiger partial charge in [-0.2, -0.15) is 23.4 Å². The highest BCUT2D eigenvalue weighted by atomic mass is 19.4. The average molecular weight is 477 g/mol. The lowest BCUT2D eigenvalue weighted by atomic mass is 9.78. The largest absolute Gasteiger partial charge is 0.390 e. The number of halogens is 4. The maximum atomic E-state index is 13.5. The molecule has 1 N–H and O–H groups in total. The maximum Gasteiger partial charge on any atom is 0.390 e. The number of pyridine rings is 1. The second-order valence-corrected chi connectivity index (χ2v) is 9.44. The Morgan fingerprint density at radius 2 is 1.97 bits per heavy atom. The first-order valence-electron chi connectivity index (χ1n) is 11.6. The Morgan fingerprint density at radius 1 is 1.15 bits per heavy atom. The van der Waals surface area contributed by atoms with E-state index in [1.165, 1.54) is 0 Å². The molecule has 0 radical (unpaired) electrons. The smallest absolute Gasteiger partial charge is 0.378 e. The van der Waals surface area contributed by atoms with E-state index in [2.05, 4.69) is 25.4 Å². The Balaban J connectivity index is 1.39. The second kappa shape index (κ2) is 9.22. The van der Waals surface area contributed by atoms with E-state index in [0.717, 1.165) is 47.7 Å². The molecular formula is C24H28F4N6. The number of anilines is 1. The predicted molar refractivity (Wildman–Crippen MR) is 121 cm³/mol. The number of rotatable bonds is 7. The van der Waals surface area contributed by atoms with Gasteiger partial charge in [-0.1, -0.05) is 12.1 Å². The van der Waals surface area contributed by atoms with Gasteiger partial charge in [0.05, 0.1) is 43.3 Å². The van der Waals surface area contributed by atoms with Gasteiger partial charge in [0.15, 0.2) is 0 Å². The topological polar surface area (TPSA) is 56.1 Å². The van der Waals surface area contributed by atoms with Crippen molar-refractivity contribution >= 4 is 11.4 Å². The van der Waals surface area contributed by atoms with Crippen LogP contribution in [-0.4, -0.2) is 66.4 Å². The van der Waals surface area contributed by atoms with Crippen LogP contribution in [0.1, 0.15) is 41.1 Å². The summed E-state index contributed by atoms with van der Waals surface area (Å²) >= 11 is 0. The minimum absolute atomic E-state index is 0.264. The van der Waals surface area contributed by atoms with E-state index in [4.69, 9.17) is 0 Å². The molecule has 0 saturated carbocycles. The molecule has 34 heavy (non-hydrogen) atoms. The molecule has 0 amide bonds. The van der Waals surface area contributed by atoms with E-state index in [9.17, 15) is 17.6 Å². The zero-order valence-electron chi connectivity index (χ0n) is 19.0. The molecule has 3 aliphatic rings. The molecule has 5 rings (SSSR count). The molecule has 0 bridgehead atoms. The third-order valence-corrected chi connectivity index (χ3v) is 6.99. The highest BCUT2D eigenvalue weighted by Crippen LogP contribution is 2.46. The summed E-state index contributed by atoms with van der Waals surface area (Å²) in [7, 11) is 1.74. The van der Waals surface area contributed by atoms with Crippen molar-refractivity contribution in [1.29, 1.82) is 0 Å². The lowest BCUT2D eigenvalue weighted by molar-refractivity contribution is -0.148. The first-order valence-corrected chi connectivity index (χ1v) is 11.6. The van der Waals surface area contributed by atoms with Crippen LogP contribution < -0.4 is 5.32 Å². The molecule has 1 saturated heterocycles. The van der Waals surface area contributed by atoms with Crippen molar-refractivity contribution in [3.63, 3.8) is 0 Å².